The molecular formula is C17H22ClNO5. The molecule has 0 bridgehead atoms. The van der Waals surface area contributed by atoms with E-state index in [1.807, 2.05) is 6.92 Å². The minimum atomic E-state index is -0.831. The standard InChI is InChI=1S/C17H22ClNO5/c1-3-24-17-13(18)10-12(11-14(17)23-2)7-8-15(20)19-9-5-4-6-16(21)22/h7-8,10-11H,3-6,9H2,1-2H3,(H,19,20)(H,21,22). The van der Waals surface area contributed by atoms with Crippen LogP contribution in [0.3, 0.4) is 0 Å². The number of unbranched alkanes of at least 4 members (excludes halogenated alkanes) is 1. The van der Waals surface area contributed by atoms with E-state index in [9.17, 15) is 9.59 Å². The first-order valence-corrected chi connectivity index (χ1v) is 8.03. The lowest BCUT2D eigenvalue weighted by Crippen LogP contribution is -2.22. The van der Waals surface area contributed by atoms with Crippen LogP contribution < -0.4 is 14.8 Å². The van der Waals surface area contributed by atoms with Crippen molar-refractivity contribution < 1.29 is 24.2 Å². The van der Waals surface area contributed by atoms with Crippen molar-refractivity contribution in [3.8, 4) is 11.5 Å². The van der Waals surface area contributed by atoms with Crippen LogP contribution in [0.4, 0.5) is 0 Å². The average Bonchev–Trinajstić information content (AvgIpc) is 2.54. The summed E-state index contributed by atoms with van der Waals surface area (Å²) in [5, 5.41) is 11.6. The quantitative estimate of drug-likeness (QED) is 0.497. The number of carboxylic acid groups (broad SMARTS) is 1. The number of ether oxygens (including phenoxy) is 2. The number of nitrogens with one attached hydrogen (secondary N) is 1. The van der Waals surface area contributed by atoms with E-state index in [4.69, 9.17) is 26.2 Å². The van der Waals surface area contributed by atoms with E-state index < -0.39 is 5.97 Å². The molecule has 7 heteroatoms. The van der Waals surface area contributed by atoms with Crippen molar-refractivity contribution in [2.45, 2.75) is 26.2 Å². The fraction of sp³-hybridized carbons (Fsp3) is 0.412. The molecule has 0 spiro atoms. The smallest absolute Gasteiger partial charge is 0.303 e. The summed E-state index contributed by atoms with van der Waals surface area (Å²) in [6.45, 7) is 2.75. The Balaban J connectivity index is 2.58. The molecule has 0 heterocycles. The minimum Gasteiger partial charge on any atom is -0.493 e. The number of aliphatic carboxylic acids is 1. The van der Waals surface area contributed by atoms with Crippen molar-refractivity contribution in [1.82, 2.24) is 5.32 Å². The van der Waals surface area contributed by atoms with Crippen LogP contribution in [0.15, 0.2) is 18.2 Å². The molecule has 1 rings (SSSR count). The average molecular weight is 356 g/mol. The highest BCUT2D eigenvalue weighted by atomic mass is 35.5. The van der Waals surface area contributed by atoms with Gasteiger partial charge in [0.25, 0.3) is 0 Å². The van der Waals surface area contributed by atoms with Gasteiger partial charge in [-0.3, -0.25) is 9.59 Å². The third-order valence-electron chi connectivity index (χ3n) is 3.08. The fourth-order valence-electron chi connectivity index (χ4n) is 1.96. The summed E-state index contributed by atoms with van der Waals surface area (Å²) in [4.78, 5) is 22.1. The van der Waals surface area contributed by atoms with E-state index in [0.717, 1.165) is 0 Å². The molecule has 0 aliphatic rings. The number of methoxy groups -OCH3 is 1. The highest BCUT2D eigenvalue weighted by Crippen LogP contribution is 2.36. The van der Waals surface area contributed by atoms with Crippen molar-refractivity contribution in [3.05, 3.63) is 28.8 Å². The molecule has 0 aromatic heterocycles. The van der Waals surface area contributed by atoms with Gasteiger partial charge in [-0.05, 0) is 43.5 Å². The Bertz CT molecular complexity index is 601. The zero-order valence-corrected chi connectivity index (χ0v) is 14.6. The highest BCUT2D eigenvalue weighted by Gasteiger charge is 2.10. The second kappa shape index (κ2) is 10.5. The maximum atomic E-state index is 11.7. The van der Waals surface area contributed by atoms with Gasteiger partial charge < -0.3 is 19.9 Å². The topological polar surface area (TPSA) is 84.9 Å². The number of carbonyl (C=O) groups is 2. The minimum absolute atomic E-state index is 0.107. The molecule has 0 atom stereocenters. The summed E-state index contributed by atoms with van der Waals surface area (Å²) in [6, 6.07) is 3.42. The second-order valence-corrected chi connectivity index (χ2v) is 5.35. The van der Waals surface area contributed by atoms with Gasteiger partial charge in [-0.15, -0.1) is 0 Å². The van der Waals surface area contributed by atoms with Crippen molar-refractivity contribution >= 4 is 29.6 Å². The first-order chi connectivity index (χ1) is 11.5. The molecule has 1 aromatic rings. The number of hydrogen-bond acceptors (Lipinski definition) is 4. The Kier molecular flexibility index (Phi) is 8.71. The van der Waals surface area contributed by atoms with Crippen molar-refractivity contribution in [1.29, 1.82) is 0 Å². The van der Waals surface area contributed by atoms with Gasteiger partial charge in [0.1, 0.15) is 0 Å². The van der Waals surface area contributed by atoms with Gasteiger partial charge in [-0.1, -0.05) is 11.6 Å². The molecule has 2 N–H and O–H groups in total. The van der Waals surface area contributed by atoms with Crippen LogP contribution >= 0.6 is 11.6 Å². The number of hydrogen-bond donors (Lipinski definition) is 2. The van der Waals surface area contributed by atoms with Gasteiger partial charge in [-0.2, -0.15) is 0 Å². The maximum absolute atomic E-state index is 11.7. The monoisotopic (exact) mass is 355 g/mol. The van der Waals surface area contributed by atoms with Crippen LogP contribution in [-0.4, -0.2) is 37.2 Å². The van der Waals surface area contributed by atoms with Crippen molar-refractivity contribution in [3.63, 3.8) is 0 Å². The molecule has 24 heavy (non-hydrogen) atoms. The number of carboxylic acids is 1. The summed E-state index contributed by atoms with van der Waals surface area (Å²) >= 11 is 6.16. The zero-order chi connectivity index (χ0) is 17.9. The van der Waals surface area contributed by atoms with Crippen LogP contribution in [0.25, 0.3) is 6.08 Å². The molecule has 132 valence electrons. The molecule has 0 aliphatic carbocycles. The van der Waals surface area contributed by atoms with Gasteiger partial charge in [0.15, 0.2) is 11.5 Å². The first kappa shape index (κ1) is 19.8. The Hall–Kier alpha value is -2.21. The van der Waals surface area contributed by atoms with E-state index in [-0.39, 0.29) is 12.3 Å². The summed E-state index contributed by atoms with van der Waals surface area (Å²) in [6.07, 6.45) is 4.27. The van der Waals surface area contributed by atoms with E-state index in [2.05, 4.69) is 5.32 Å². The van der Waals surface area contributed by atoms with Crippen molar-refractivity contribution in [2.24, 2.45) is 0 Å². The lowest BCUT2D eigenvalue weighted by Gasteiger charge is -2.11. The maximum Gasteiger partial charge on any atom is 0.303 e. The Morgan fingerprint density at radius 3 is 2.71 bits per heavy atom. The zero-order valence-electron chi connectivity index (χ0n) is 13.8. The van der Waals surface area contributed by atoms with Crippen molar-refractivity contribution in [2.75, 3.05) is 20.3 Å². The molecule has 0 saturated heterocycles. The van der Waals surface area contributed by atoms with Gasteiger partial charge in [0.2, 0.25) is 5.91 Å². The largest absolute Gasteiger partial charge is 0.493 e. The highest BCUT2D eigenvalue weighted by molar-refractivity contribution is 6.32. The van der Waals surface area contributed by atoms with Gasteiger partial charge in [0.05, 0.1) is 18.7 Å². The first-order valence-electron chi connectivity index (χ1n) is 7.66. The Morgan fingerprint density at radius 1 is 1.33 bits per heavy atom. The van der Waals surface area contributed by atoms with Crippen LogP contribution in [0.1, 0.15) is 31.7 Å². The Labute approximate surface area is 146 Å². The fourth-order valence-corrected chi connectivity index (χ4v) is 2.24. The van der Waals surface area contributed by atoms with Gasteiger partial charge >= 0.3 is 5.97 Å². The summed E-state index contributed by atoms with van der Waals surface area (Å²) in [5.41, 5.74) is 0.710. The van der Waals surface area contributed by atoms with E-state index >= 15 is 0 Å². The molecular weight excluding hydrogens is 334 g/mol. The third kappa shape index (κ3) is 6.91. The predicted octanol–water partition coefficient (Wildman–Crippen LogP) is 3.13. The van der Waals surface area contributed by atoms with E-state index in [1.165, 1.54) is 13.2 Å². The third-order valence-corrected chi connectivity index (χ3v) is 3.37. The van der Waals surface area contributed by atoms with Gasteiger partial charge in [-0.25, -0.2) is 0 Å². The second-order valence-electron chi connectivity index (χ2n) is 4.94. The molecule has 0 saturated carbocycles. The van der Waals surface area contributed by atoms with Crippen LogP contribution in [0.2, 0.25) is 5.02 Å². The van der Waals surface area contributed by atoms with Crippen LogP contribution in [0.5, 0.6) is 11.5 Å². The molecule has 1 aromatic carbocycles. The summed E-state index contributed by atoms with van der Waals surface area (Å²) < 4.78 is 10.7. The molecule has 0 aliphatic heterocycles. The molecule has 0 radical (unpaired) electrons. The molecule has 6 nitrogen and oxygen atoms in total. The van der Waals surface area contributed by atoms with E-state index in [1.54, 1.807) is 18.2 Å². The molecule has 0 fully saturated rings. The SMILES string of the molecule is CCOc1c(Cl)cc(C=CC(=O)NCCCCC(=O)O)cc1OC. The lowest BCUT2D eigenvalue weighted by molar-refractivity contribution is -0.137. The molecule has 1 amide bonds. The Morgan fingerprint density at radius 2 is 2.08 bits per heavy atom. The number of amides is 1. The molecule has 0 unspecified atom stereocenters. The number of carbonyl (C=O) groups excluding carboxylic acids is 1. The van der Waals surface area contributed by atoms with E-state index in [0.29, 0.717) is 48.1 Å². The summed E-state index contributed by atoms with van der Waals surface area (Å²) in [7, 11) is 1.52. The number of rotatable bonds is 10. The summed E-state index contributed by atoms with van der Waals surface area (Å²) in [5.74, 6) is -0.114. The predicted molar refractivity (Wildman–Crippen MR) is 92.7 cm³/mol. The number of benzene rings is 1. The normalized spacial score (nSPS) is 10.6. The van der Waals surface area contributed by atoms with Crippen LogP contribution in [-0.2, 0) is 9.59 Å². The van der Waals surface area contributed by atoms with Gasteiger partial charge in [0, 0.05) is 19.0 Å². The number of halogens is 1. The van der Waals surface area contributed by atoms with Crippen LogP contribution in [0, 0.1) is 0 Å². The lowest BCUT2D eigenvalue weighted by atomic mass is 10.2.